The van der Waals surface area contributed by atoms with E-state index in [1.165, 1.54) is 12.1 Å². The normalized spacial score (nSPS) is 11.0. The number of aromatic amines is 1. The SMILES string of the molecule is COc1cc(CNCc2nc3ccccc3[nH]2)ccc1OCc1ccc(F)cc1. The number of fused-ring (bicyclic) bond motifs is 1. The van der Waals surface area contributed by atoms with E-state index in [1.807, 2.05) is 42.5 Å². The summed E-state index contributed by atoms with van der Waals surface area (Å²) in [6, 6.07) is 20.1. The molecular formula is C23H22FN3O2. The second-order valence-electron chi connectivity index (χ2n) is 6.70. The monoisotopic (exact) mass is 391 g/mol. The summed E-state index contributed by atoms with van der Waals surface area (Å²) in [7, 11) is 1.62. The van der Waals surface area contributed by atoms with E-state index >= 15 is 0 Å². The van der Waals surface area contributed by atoms with E-state index in [9.17, 15) is 4.39 Å². The Morgan fingerprint density at radius 1 is 0.931 bits per heavy atom. The number of aromatic nitrogens is 2. The molecule has 0 unspecified atom stereocenters. The number of para-hydroxylation sites is 2. The van der Waals surface area contributed by atoms with Crippen molar-refractivity contribution in [2.24, 2.45) is 0 Å². The van der Waals surface area contributed by atoms with Crippen molar-refractivity contribution >= 4 is 11.0 Å². The molecule has 0 aliphatic rings. The number of hydrogen-bond acceptors (Lipinski definition) is 4. The van der Waals surface area contributed by atoms with E-state index in [2.05, 4.69) is 15.3 Å². The van der Waals surface area contributed by atoms with Crippen LogP contribution in [0.1, 0.15) is 17.0 Å². The van der Waals surface area contributed by atoms with Gasteiger partial charge in [0.2, 0.25) is 0 Å². The number of nitrogens with one attached hydrogen (secondary N) is 2. The molecule has 4 aromatic rings. The molecule has 4 rings (SSSR count). The van der Waals surface area contributed by atoms with Crippen molar-refractivity contribution in [3.8, 4) is 11.5 Å². The molecule has 0 fully saturated rings. The molecule has 0 atom stereocenters. The van der Waals surface area contributed by atoms with Crippen LogP contribution in [-0.2, 0) is 19.7 Å². The smallest absolute Gasteiger partial charge is 0.161 e. The Morgan fingerprint density at radius 3 is 2.52 bits per heavy atom. The molecule has 2 N–H and O–H groups in total. The third-order valence-electron chi connectivity index (χ3n) is 4.60. The van der Waals surface area contributed by atoms with Gasteiger partial charge in [0.25, 0.3) is 0 Å². The Hall–Kier alpha value is -3.38. The van der Waals surface area contributed by atoms with Crippen LogP contribution in [-0.4, -0.2) is 17.1 Å². The standard InChI is InChI=1S/C23H22FN3O2/c1-28-22-12-17(8-11-21(22)29-15-16-6-9-18(24)10-7-16)13-25-14-23-26-19-4-2-3-5-20(19)27-23/h2-12,25H,13-15H2,1H3,(H,26,27). The molecule has 0 aliphatic heterocycles. The first-order chi connectivity index (χ1) is 14.2. The summed E-state index contributed by atoms with van der Waals surface area (Å²) < 4.78 is 24.3. The molecule has 0 aliphatic carbocycles. The molecule has 1 heterocycles. The predicted molar refractivity (Wildman–Crippen MR) is 110 cm³/mol. The highest BCUT2D eigenvalue weighted by Gasteiger charge is 2.07. The number of hydrogen-bond donors (Lipinski definition) is 2. The topological polar surface area (TPSA) is 59.2 Å². The quantitative estimate of drug-likeness (QED) is 0.462. The Kier molecular flexibility index (Phi) is 5.72. The van der Waals surface area contributed by atoms with E-state index in [4.69, 9.17) is 9.47 Å². The van der Waals surface area contributed by atoms with Gasteiger partial charge >= 0.3 is 0 Å². The average Bonchev–Trinajstić information content (AvgIpc) is 3.16. The van der Waals surface area contributed by atoms with Gasteiger partial charge in [-0.05, 0) is 47.5 Å². The van der Waals surface area contributed by atoms with Crippen molar-refractivity contribution in [1.29, 1.82) is 0 Å². The summed E-state index contributed by atoms with van der Waals surface area (Å²) in [5.74, 6) is 1.95. The lowest BCUT2D eigenvalue weighted by molar-refractivity contribution is 0.284. The summed E-state index contributed by atoms with van der Waals surface area (Å²) >= 11 is 0. The van der Waals surface area contributed by atoms with E-state index in [0.29, 0.717) is 31.2 Å². The van der Waals surface area contributed by atoms with Crippen molar-refractivity contribution in [3.63, 3.8) is 0 Å². The van der Waals surface area contributed by atoms with Crippen molar-refractivity contribution in [2.75, 3.05) is 7.11 Å². The summed E-state index contributed by atoms with van der Waals surface area (Å²) in [6.07, 6.45) is 0. The van der Waals surface area contributed by atoms with Crippen LogP contribution < -0.4 is 14.8 Å². The molecule has 0 amide bonds. The van der Waals surface area contributed by atoms with Gasteiger partial charge in [0.1, 0.15) is 18.2 Å². The van der Waals surface area contributed by atoms with Crippen LogP contribution in [0.5, 0.6) is 11.5 Å². The van der Waals surface area contributed by atoms with Crippen LogP contribution in [0.4, 0.5) is 4.39 Å². The van der Waals surface area contributed by atoms with Crippen molar-refractivity contribution in [1.82, 2.24) is 15.3 Å². The minimum atomic E-state index is -0.258. The summed E-state index contributed by atoms with van der Waals surface area (Å²) in [4.78, 5) is 7.87. The Morgan fingerprint density at radius 2 is 1.72 bits per heavy atom. The summed E-state index contributed by atoms with van der Waals surface area (Å²) in [5.41, 5.74) is 3.97. The van der Waals surface area contributed by atoms with Crippen LogP contribution in [0.3, 0.4) is 0 Å². The predicted octanol–water partition coefficient (Wildman–Crippen LogP) is 4.58. The van der Waals surface area contributed by atoms with E-state index < -0.39 is 0 Å². The maximum Gasteiger partial charge on any atom is 0.161 e. The van der Waals surface area contributed by atoms with Crippen LogP contribution in [0, 0.1) is 5.82 Å². The Labute approximate surface area is 168 Å². The number of ether oxygens (including phenoxy) is 2. The lowest BCUT2D eigenvalue weighted by Gasteiger charge is -2.12. The molecule has 0 saturated heterocycles. The zero-order valence-corrected chi connectivity index (χ0v) is 16.1. The highest BCUT2D eigenvalue weighted by Crippen LogP contribution is 2.29. The van der Waals surface area contributed by atoms with Gasteiger partial charge in [0.05, 0.1) is 24.7 Å². The average molecular weight is 391 g/mol. The maximum absolute atomic E-state index is 13.0. The van der Waals surface area contributed by atoms with Gasteiger partial charge in [-0.25, -0.2) is 9.37 Å². The highest BCUT2D eigenvalue weighted by molar-refractivity contribution is 5.74. The molecule has 0 radical (unpaired) electrons. The molecule has 6 heteroatoms. The summed E-state index contributed by atoms with van der Waals surface area (Å²) in [5, 5.41) is 3.39. The lowest BCUT2D eigenvalue weighted by atomic mass is 10.2. The molecule has 3 aromatic carbocycles. The Bertz CT molecular complexity index is 1060. The number of nitrogens with zero attached hydrogens (tertiary/aromatic N) is 1. The number of rotatable bonds is 8. The molecule has 0 bridgehead atoms. The molecular weight excluding hydrogens is 369 g/mol. The fourth-order valence-corrected chi connectivity index (χ4v) is 3.10. The van der Waals surface area contributed by atoms with Crippen molar-refractivity contribution in [3.05, 3.63) is 89.5 Å². The number of imidazole rings is 1. The Balaban J connectivity index is 1.35. The number of halogens is 1. The zero-order chi connectivity index (χ0) is 20.1. The first-order valence-corrected chi connectivity index (χ1v) is 9.40. The van der Waals surface area contributed by atoms with Crippen LogP contribution in [0.2, 0.25) is 0 Å². The molecule has 148 valence electrons. The molecule has 1 aromatic heterocycles. The van der Waals surface area contributed by atoms with Gasteiger partial charge in [0, 0.05) is 6.54 Å². The van der Waals surface area contributed by atoms with Crippen LogP contribution >= 0.6 is 0 Å². The van der Waals surface area contributed by atoms with Gasteiger partial charge in [-0.3, -0.25) is 0 Å². The van der Waals surface area contributed by atoms with Gasteiger partial charge in [0.15, 0.2) is 11.5 Å². The van der Waals surface area contributed by atoms with Crippen LogP contribution in [0.15, 0.2) is 66.7 Å². The van der Waals surface area contributed by atoms with E-state index in [-0.39, 0.29) is 5.82 Å². The fourth-order valence-electron chi connectivity index (χ4n) is 3.10. The first kappa shape index (κ1) is 19.0. The number of H-pyrrole nitrogens is 1. The third kappa shape index (κ3) is 4.73. The second-order valence-corrected chi connectivity index (χ2v) is 6.70. The van der Waals surface area contributed by atoms with Crippen LogP contribution in [0.25, 0.3) is 11.0 Å². The second kappa shape index (κ2) is 8.75. The van der Waals surface area contributed by atoms with Gasteiger partial charge in [-0.1, -0.05) is 30.3 Å². The minimum Gasteiger partial charge on any atom is -0.493 e. The third-order valence-corrected chi connectivity index (χ3v) is 4.60. The lowest BCUT2D eigenvalue weighted by Crippen LogP contribution is -2.13. The number of benzene rings is 3. The van der Waals surface area contributed by atoms with Gasteiger partial charge < -0.3 is 19.8 Å². The minimum absolute atomic E-state index is 0.258. The van der Waals surface area contributed by atoms with Crippen molar-refractivity contribution < 1.29 is 13.9 Å². The maximum atomic E-state index is 13.0. The molecule has 29 heavy (non-hydrogen) atoms. The molecule has 0 spiro atoms. The first-order valence-electron chi connectivity index (χ1n) is 9.40. The fraction of sp³-hybridized carbons (Fsp3) is 0.174. The molecule has 0 saturated carbocycles. The van der Waals surface area contributed by atoms with E-state index in [0.717, 1.165) is 28.0 Å². The number of methoxy groups -OCH3 is 1. The highest BCUT2D eigenvalue weighted by atomic mass is 19.1. The largest absolute Gasteiger partial charge is 0.493 e. The van der Waals surface area contributed by atoms with Gasteiger partial charge in [-0.2, -0.15) is 0 Å². The van der Waals surface area contributed by atoms with E-state index in [1.54, 1.807) is 19.2 Å². The molecule has 5 nitrogen and oxygen atoms in total. The summed E-state index contributed by atoms with van der Waals surface area (Å²) in [6.45, 7) is 1.66. The zero-order valence-electron chi connectivity index (χ0n) is 16.1. The van der Waals surface area contributed by atoms with Crippen molar-refractivity contribution in [2.45, 2.75) is 19.7 Å². The van der Waals surface area contributed by atoms with Gasteiger partial charge in [-0.15, -0.1) is 0 Å².